The number of rotatable bonds is 7. The first-order chi connectivity index (χ1) is 15.7. The number of ether oxygens (including phenoxy) is 2. The lowest BCUT2D eigenvalue weighted by Crippen LogP contribution is -2.40. The van der Waals surface area contributed by atoms with Crippen LogP contribution < -0.4 is 9.47 Å². The Kier molecular flexibility index (Phi) is 6.86. The van der Waals surface area contributed by atoms with Crippen LogP contribution in [-0.4, -0.2) is 50.7 Å². The minimum atomic E-state index is -4.49. The SMILES string of the molecule is CCOc1cc(C2=C(C)[C@@H]3CN(CC=C3c3ccc(Cl)cc3)C2)c(S(=O)(=O)O)cc1OCC. The molecule has 4 rings (SSSR count). The first kappa shape index (κ1) is 23.8. The monoisotopic (exact) mass is 489 g/mol. The average Bonchev–Trinajstić information content (AvgIpc) is 2.77. The molecule has 2 atom stereocenters. The fraction of sp³-hybridized carbons (Fsp3) is 0.360. The van der Waals surface area contributed by atoms with Gasteiger partial charge < -0.3 is 9.47 Å². The van der Waals surface area contributed by atoms with Crippen molar-refractivity contribution in [1.29, 1.82) is 0 Å². The molecule has 2 aromatic rings. The molecule has 2 aliphatic heterocycles. The van der Waals surface area contributed by atoms with Gasteiger partial charge in [0.15, 0.2) is 11.5 Å². The van der Waals surface area contributed by atoms with Crippen molar-refractivity contribution in [3.63, 3.8) is 0 Å². The third-order valence-corrected chi connectivity index (χ3v) is 7.34. The molecule has 8 heteroatoms. The first-order valence-corrected chi connectivity index (χ1v) is 12.8. The maximum absolute atomic E-state index is 12.4. The van der Waals surface area contributed by atoms with Gasteiger partial charge in [-0.3, -0.25) is 9.45 Å². The second-order valence-electron chi connectivity index (χ2n) is 8.21. The Hall–Kier alpha value is -2.32. The van der Waals surface area contributed by atoms with Gasteiger partial charge >= 0.3 is 0 Å². The molecule has 2 aromatic carbocycles. The minimum Gasteiger partial charge on any atom is -0.490 e. The highest BCUT2D eigenvalue weighted by Gasteiger charge is 2.34. The summed E-state index contributed by atoms with van der Waals surface area (Å²) in [5.41, 5.74) is 4.70. The van der Waals surface area contributed by atoms with E-state index in [1.807, 2.05) is 45.0 Å². The second kappa shape index (κ2) is 9.50. The maximum atomic E-state index is 12.4. The standard InChI is InChI=1S/C25H28ClNO5S/c1-4-31-23-12-20(25(33(28,29)30)13-24(23)32-5-2)22-15-27-11-10-19(21(14-27)16(22)3)17-6-8-18(26)9-7-17/h6-10,12-13,21H,4-5,11,14-15H2,1-3H3,(H,28,29,30)/t21-/m0/s1. The predicted octanol–water partition coefficient (Wildman–Crippen LogP) is 5.19. The van der Waals surface area contributed by atoms with Crippen LogP contribution >= 0.6 is 11.6 Å². The number of fused-ring (bicyclic) bond motifs is 2. The largest absolute Gasteiger partial charge is 0.490 e. The van der Waals surface area contributed by atoms with E-state index in [0.717, 1.165) is 29.8 Å². The first-order valence-electron chi connectivity index (χ1n) is 11.0. The minimum absolute atomic E-state index is 0.0973. The Morgan fingerprint density at radius 3 is 2.33 bits per heavy atom. The number of hydrogen-bond acceptors (Lipinski definition) is 5. The van der Waals surface area contributed by atoms with Crippen LogP contribution in [0.4, 0.5) is 0 Å². The summed E-state index contributed by atoms with van der Waals surface area (Å²) in [6.45, 7) is 8.63. The molecule has 2 bridgehead atoms. The van der Waals surface area contributed by atoms with Crippen LogP contribution in [0.5, 0.6) is 11.5 Å². The molecule has 0 amide bonds. The Balaban J connectivity index is 1.87. The van der Waals surface area contributed by atoms with E-state index in [9.17, 15) is 13.0 Å². The third kappa shape index (κ3) is 4.82. The third-order valence-electron chi connectivity index (χ3n) is 6.19. The van der Waals surface area contributed by atoms with Crippen LogP contribution in [0.15, 0.2) is 52.9 Å². The van der Waals surface area contributed by atoms with E-state index >= 15 is 0 Å². The fourth-order valence-corrected chi connectivity index (χ4v) is 5.49. The summed E-state index contributed by atoms with van der Waals surface area (Å²) >= 11 is 6.08. The average molecular weight is 490 g/mol. The van der Waals surface area contributed by atoms with Gasteiger partial charge in [0.1, 0.15) is 4.90 Å². The summed E-state index contributed by atoms with van der Waals surface area (Å²) in [6.07, 6.45) is 2.23. The predicted molar refractivity (Wildman–Crippen MR) is 131 cm³/mol. The van der Waals surface area contributed by atoms with Crippen molar-refractivity contribution in [2.24, 2.45) is 5.92 Å². The van der Waals surface area contributed by atoms with Gasteiger partial charge in [0.25, 0.3) is 10.1 Å². The smallest absolute Gasteiger partial charge is 0.295 e. The molecule has 0 saturated heterocycles. The molecule has 2 aliphatic rings. The van der Waals surface area contributed by atoms with E-state index < -0.39 is 10.1 Å². The van der Waals surface area contributed by atoms with Gasteiger partial charge in [-0.1, -0.05) is 35.4 Å². The zero-order valence-electron chi connectivity index (χ0n) is 19.0. The van der Waals surface area contributed by atoms with Gasteiger partial charge in [-0.25, -0.2) is 0 Å². The maximum Gasteiger partial charge on any atom is 0.295 e. The molecule has 6 nitrogen and oxygen atoms in total. The molecule has 176 valence electrons. The lowest BCUT2D eigenvalue weighted by Gasteiger charge is -2.40. The molecule has 1 N–H and O–H groups in total. The van der Waals surface area contributed by atoms with E-state index in [1.54, 1.807) is 6.07 Å². The molecule has 0 radical (unpaired) electrons. The van der Waals surface area contributed by atoms with Crippen molar-refractivity contribution < 1.29 is 22.4 Å². The van der Waals surface area contributed by atoms with E-state index in [1.165, 1.54) is 11.6 Å². The highest BCUT2D eigenvalue weighted by atomic mass is 35.5. The summed E-state index contributed by atoms with van der Waals surface area (Å²) in [5.74, 6) is 0.855. The summed E-state index contributed by atoms with van der Waals surface area (Å²) in [4.78, 5) is 2.11. The van der Waals surface area contributed by atoms with Crippen molar-refractivity contribution in [3.8, 4) is 11.5 Å². The van der Waals surface area contributed by atoms with Crippen molar-refractivity contribution >= 4 is 32.9 Å². The topological polar surface area (TPSA) is 76.1 Å². The van der Waals surface area contributed by atoms with E-state index in [2.05, 4.69) is 11.0 Å². The molecule has 2 heterocycles. The molecule has 0 saturated carbocycles. The van der Waals surface area contributed by atoms with Crippen LogP contribution in [0.1, 0.15) is 31.9 Å². The molecule has 0 fully saturated rings. The molecule has 0 spiro atoms. The van der Waals surface area contributed by atoms with Crippen molar-refractivity contribution in [2.75, 3.05) is 32.8 Å². The van der Waals surface area contributed by atoms with Crippen molar-refractivity contribution in [2.45, 2.75) is 25.7 Å². The highest BCUT2D eigenvalue weighted by molar-refractivity contribution is 7.86. The second-order valence-corrected chi connectivity index (χ2v) is 10.0. The molecule has 33 heavy (non-hydrogen) atoms. The van der Waals surface area contributed by atoms with Gasteiger partial charge in [0, 0.05) is 42.2 Å². The molecule has 0 aromatic heterocycles. The highest BCUT2D eigenvalue weighted by Crippen LogP contribution is 2.44. The summed E-state index contributed by atoms with van der Waals surface area (Å²) in [5, 5.41) is 0.684. The normalized spacial score (nSPS) is 20.5. The summed E-state index contributed by atoms with van der Waals surface area (Å²) in [6, 6.07) is 10.8. The number of benzene rings is 2. The Morgan fingerprint density at radius 1 is 1.09 bits per heavy atom. The van der Waals surface area contributed by atoms with Crippen LogP contribution in [0.3, 0.4) is 0 Å². The molecular weight excluding hydrogens is 462 g/mol. The van der Waals surface area contributed by atoms with Crippen molar-refractivity contribution in [1.82, 2.24) is 4.90 Å². The van der Waals surface area contributed by atoms with Crippen molar-refractivity contribution in [3.05, 3.63) is 64.2 Å². The molecular formula is C25H28ClNO5S. The zero-order valence-corrected chi connectivity index (χ0v) is 20.5. The van der Waals surface area contributed by atoms with Gasteiger partial charge in [-0.15, -0.1) is 0 Å². The Morgan fingerprint density at radius 2 is 1.73 bits per heavy atom. The van der Waals surface area contributed by atoms with Crippen LogP contribution in [0.25, 0.3) is 11.1 Å². The lowest BCUT2D eigenvalue weighted by molar-refractivity contribution is 0.285. The van der Waals surface area contributed by atoms with Gasteiger partial charge in [0.05, 0.1) is 13.2 Å². The Bertz CT molecular complexity index is 1220. The van der Waals surface area contributed by atoms with Crippen LogP contribution in [-0.2, 0) is 10.1 Å². The number of hydrogen-bond donors (Lipinski definition) is 1. The quantitative estimate of drug-likeness (QED) is 0.539. The van der Waals surface area contributed by atoms with E-state index in [0.29, 0.717) is 41.8 Å². The molecule has 1 unspecified atom stereocenters. The van der Waals surface area contributed by atoms with Crippen LogP contribution in [0.2, 0.25) is 5.02 Å². The summed E-state index contributed by atoms with van der Waals surface area (Å²) < 4.78 is 46.2. The van der Waals surface area contributed by atoms with Gasteiger partial charge in [-0.05, 0) is 55.7 Å². The lowest BCUT2D eigenvalue weighted by atomic mass is 9.78. The van der Waals surface area contributed by atoms with Gasteiger partial charge in [0.2, 0.25) is 0 Å². The van der Waals surface area contributed by atoms with Gasteiger partial charge in [-0.2, -0.15) is 8.42 Å². The van der Waals surface area contributed by atoms with E-state index in [4.69, 9.17) is 21.1 Å². The molecule has 0 aliphatic carbocycles. The fourth-order valence-electron chi connectivity index (χ4n) is 4.64. The zero-order chi connectivity index (χ0) is 23.8. The van der Waals surface area contributed by atoms with Crippen LogP contribution in [0, 0.1) is 5.92 Å². The Labute approximate surface area is 200 Å². The summed E-state index contributed by atoms with van der Waals surface area (Å²) in [7, 11) is -4.49. The number of halogens is 1. The number of nitrogens with zero attached hydrogens (tertiary/aromatic N) is 1. The van der Waals surface area contributed by atoms with E-state index in [-0.39, 0.29) is 10.8 Å².